The summed E-state index contributed by atoms with van der Waals surface area (Å²) in [6.07, 6.45) is 0. The summed E-state index contributed by atoms with van der Waals surface area (Å²) in [5.41, 5.74) is 6.78. The molecule has 0 bridgehead atoms. The van der Waals surface area contributed by atoms with Crippen LogP contribution in [0.5, 0.6) is 0 Å². The van der Waals surface area contributed by atoms with Crippen LogP contribution in [0.25, 0.3) is 0 Å². The van der Waals surface area contributed by atoms with Crippen molar-refractivity contribution >= 4 is 50.0 Å². The molecule has 4 heteroatoms. The molecule has 0 atom stereocenters. The summed E-state index contributed by atoms with van der Waals surface area (Å²) in [6, 6.07) is 3.56. The van der Waals surface area contributed by atoms with Crippen molar-refractivity contribution in [3.63, 3.8) is 0 Å². The predicted molar refractivity (Wildman–Crippen MR) is 61.3 cm³/mol. The van der Waals surface area contributed by atoms with Gasteiger partial charge in [-0.2, -0.15) is 0 Å². The van der Waals surface area contributed by atoms with Crippen molar-refractivity contribution in [2.24, 2.45) is 0 Å². The van der Waals surface area contributed by atoms with Crippen LogP contribution in [0.3, 0.4) is 0 Å². The second-order valence-corrected chi connectivity index (χ2v) is 4.31. The maximum atomic E-state index is 11.1. The molecule has 0 unspecified atom stereocenters. The average molecular weight is 340 g/mol. The average Bonchev–Trinajstić information content (AvgIpc) is 1.97. The van der Waals surface area contributed by atoms with E-state index in [1.807, 2.05) is 6.07 Å². The number of halogens is 2. The first-order valence-corrected chi connectivity index (χ1v) is 5.15. The second-order valence-electron chi connectivity index (χ2n) is 2.38. The number of nitrogen functional groups attached to an aromatic ring is 1. The molecule has 0 fully saturated rings. The number of nitrogens with two attached hydrogens (primary N) is 1. The number of hydrogen-bond donors (Lipinski definition) is 1. The van der Waals surface area contributed by atoms with Gasteiger partial charge in [0, 0.05) is 13.7 Å². The van der Waals surface area contributed by atoms with Gasteiger partial charge in [0.05, 0.1) is 5.56 Å². The minimum absolute atomic E-state index is 0.00167. The molecule has 1 aromatic carbocycles. The van der Waals surface area contributed by atoms with Crippen molar-refractivity contribution in [3.8, 4) is 0 Å². The monoisotopic (exact) mass is 339 g/mol. The molecule has 0 aliphatic heterocycles. The largest absolute Gasteiger partial charge is 0.398 e. The SMILES string of the molecule is CC(=O)c1c(N)ccc(Br)c1I. The van der Waals surface area contributed by atoms with Gasteiger partial charge in [-0.15, -0.1) is 0 Å². The summed E-state index contributed by atoms with van der Waals surface area (Å²) in [5, 5.41) is 0. The van der Waals surface area contributed by atoms with Gasteiger partial charge in [0.15, 0.2) is 5.78 Å². The topological polar surface area (TPSA) is 43.1 Å². The molecule has 0 aliphatic rings. The third-order valence-electron chi connectivity index (χ3n) is 1.48. The van der Waals surface area contributed by atoms with Gasteiger partial charge in [-0.3, -0.25) is 4.79 Å². The van der Waals surface area contributed by atoms with Crippen molar-refractivity contribution in [1.29, 1.82) is 0 Å². The smallest absolute Gasteiger partial charge is 0.162 e. The Labute approximate surface area is 92.8 Å². The Morgan fingerprint density at radius 1 is 1.58 bits per heavy atom. The number of Topliss-reactive ketones (excluding diaryl/α,β-unsaturated/α-hetero) is 1. The lowest BCUT2D eigenvalue weighted by Crippen LogP contribution is -2.02. The van der Waals surface area contributed by atoms with Crippen molar-refractivity contribution < 1.29 is 4.79 Å². The van der Waals surface area contributed by atoms with Gasteiger partial charge in [-0.25, -0.2) is 0 Å². The van der Waals surface area contributed by atoms with Gasteiger partial charge in [0.25, 0.3) is 0 Å². The Balaban J connectivity index is 3.43. The Hall–Kier alpha value is -0.100. The zero-order chi connectivity index (χ0) is 9.30. The van der Waals surface area contributed by atoms with Crippen LogP contribution in [-0.2, 0) is 0 Å². The lowest BCUT2D eigenvalue weighted by molar-refractivity contribution is 0.101. The highest BCUT2D eigenvalue weighted by atomic mass is 127. The summed E-state index contributed by atoms with van der Waals surface area (Å²) in [7, 11) is 0. The van der Waals surface area contributed by atoms with Crippen LogP contribution in [-0.4, -0.2) is 5.78 Å². The molecule has 2 N–H and O–H groups in total. The van der Waals surface area contributed by atoms with E-state index in [0.717, 1.165) is 8.04 Å². The fourth-order valence-electron chi connectivity index (χ4n) is 0.923. The lowest BCUT2D eigenvalue weighted by atomic mass is 10.1. The molecule has 0 aromatic heterocycles. The molecular weight excluding hydrogens is 333 g/mol. The summed E-state index contributed by atoms with van der Waals surface area (Å²) in [4.78, 5) is 11.1. The van der Waals surface area contributed by atoms with Crippen LogP contribution in [0.2, 0.25) is 0 Å². The van der Waals surface area contributed by atoms with E-state index in [9.17, 15) is 4.79 Å². The molecule has 1 rings (SSSR count). The predicted octanol–water partition coefficient (Wildman–Crippen LogP) is 2.84. The Kier molecular flexibility index (Phi) is 3.11. The highest BCUT2D eigenvalue weighted by Gasteiger charge is 2.11. The lowest BCUT2D eigenvalue weighted by Gasteiger charge is -2.05. The van der Waals surface area contributed by atoms with Gasteiger partial charge in [-0.1, -0.05) is 0 Å². The van der Waals surface area contributed by atoms with Crippen LogP contribution < -0.4 is 5.73 Å². The first-order valence-electron chi connectivity index (χ1n) is 3.28. The standard InChI is InChI=1S/C8H7BrINO/c1-4(12)7-6(11)3-2-5(9)8(7)10/h2-3H,11H2,1H3. The zero-order valence-electron chi connectivity index (χ0n) is 6.40. The Bertz CT molecular complexity index is 338. The van der Waals surface area contributed by atoms with Gasteiger partial charge >= 0.3 is 0 Å². The highest BCUT2D eigenvalue weighted by molar-refractivity contribution is 14.1. The fraction of sp³-hybridized carbons (Fsp3) is 0.125. The zero-order valence-corrected chi connectivity index (χ0v) is 10.1. The van der Waals surface area contributed by atoms with Crippen LogP contribution in [0.15, 0.2) is 16.6 Å². The van der Waals surface area contributed by atoms with Gasteiger partial charge < -0.3 is 5.73 Å². The number of ketones is 1. The number of rotatable bonds is 1. The summed E-state index contributed by atoms with van der Waals surface area (Å²) >= 11 is 5.43. The molecule has 64 valence electrons. The third-order valence-corrected chi connectivity index (χ3v) is 4.00. The molecule has 12 heavy (non-hydrogen) atoms. The van der Waals surface area contributed by atoms with E-state index in [1.165, 1.54) is 6.92 Å². The van der Waals surface area contributed by atoms with E-state index >= 15 is 0 Å². The molecule has 0 spiro atoms. The maximum absolute atomic E-state index is 11.1. The summed E-state index contributed by atoms with van der Waals surface area (Å²) in [6.45, 7) is 1.51. The van der Waals surface area contributed by atoms with Crippen molar-refractivity contribution in [1.82, 2.24) is 0 Å². The minimum atomic E-state index is -0.00167. The van der Waals surface area contributed by atoms with Gasteiger partial charge in [0.1, 0.15) is 0 Å². The van der Waals surface area contributed by atoms with Crippen molar-refractivity contribution in [2.45, 2.75) is 6.92 Å². The van der Waals surface area contributed by atoms with Gasteiger partial charge in [0.2, 0.25) is 0 Å². The fourth-order valence-corrected chi connectivity index (χ4v) is 2.12. The summed E-state index contributed by atoms with van der Waals surface area (Å²) in [5.74, 6) is -0.00167. The van der Waals surface area contributed by atoms with Crippen LogP contribution >= 0.6 is 38.5 Å². The molecule has 0 amide bonds. The first kappa shape index (κ1) is 9.98. The molecule has 0 aliphatic carbocycles. The first-order chi connectivity index (χ1) is 5.54. The number of carbonyl (C=O) groups excluding carboxylic acids is 1. The number of carbonyl (C=O) groups is 1. The molecule has 1 aromatic rings. The molecule has 0 saturated heterocycles. The number of hydrogen-bond acceptors (Lipinski definition) is 2. The van der Waals surface area contributed by atoms with E-state index in [4.69, 9.17) is 5.73 Å². The van der Waals surface area contributed by atoms with Crippen LogP contribution in [0.4, 0.5) is 5.69 Å². The van der Waals surface area contributed by atoms with E-state index in [2.05, 4.69) is 38.5 Å². The normalized spacial score (nSPS) is 9.92. The molecule has 0 heterocycles. The second kappa shape index (κ2) is 3.74. The Morgan fingerprint density at radius 2 is 2.17 bits per heavy atom. The van der Waals surface area contributed by atoms with E-state index in [1.54, 1.807) is 6.07 Å². The molecular formula is C8H7BrINO. The van der Waals surface area contributed by atoms with E-state index in [-0.39, 0.29) is 5.78 Å². The summed E-state index contributed by atoms with van der Waals surface area (Å²) < 4.78 is 1.78. The third kappa shape index (κ3) is 1.80. The quantitative estimate of drug-likeness (QED) is 0.485. The molecule has 0 radical (unpaired) electrons. The van der Waals surface area contributed by atoms with Crippen LogP contribution in [0, 0.1) is 3.57 Å². The number of anilines is 1. The minimum Gasteiger partial charge on any atom is -0.398 e. The van der Waals surface area contributed by atoms with Crippen molar-refractivity contribution in [3.05, 3.63) is 25.7 Å². The van der Waals surface area contributed by atoms with E-state index < -0.39 is 0 Å². The highest BCUT2D eigenvalue weighted by Crippen LogP contribution is 2.27. The van der Waals surface area contributed by atoms with E-state index in [0.29, 0.717) is 11.3 Å². The maximum Gasteiger partial charge on any atom is 0.162 e. The number of benzene rings is 1. The Morgan fingerprint density at radius 3 is 2.58 bits per heavy atom. The van der Waals surface area contributed by atoms with Crippen molar-refractivity contribution in [2.75, 3.05) is 5.73 Å². The molecule has 2 nitrogen and oxygen atoms in total. The van der Waals surface area contributed by atoms with Gasteiger partial charge in [-0.05, 0) is 57.6 Å². The van der Waals surface area contributed by atoms with Crippen LogP contribution in [0.1, 0.15) is 17.3 Å². The molecule has 0 saturated carbocycles.